The molecule has 0 saturated heterocycles. The molecule has 0 amide bonds. The molecule has 0 aliphatic carbocycles. The Labute approximate surface area is 123 Å². The van der Waals surface area contributed by atoms with Crippen molar-refractivity contribution >= 4 is 5.82 Å². The van der Waals surface area contributed by atoms with Crippen LogP contribution in [0.5, 0.6) is 5.75 Å². The average Bonchev–Trinajstić information content (AvgIpc) is 2.84. The fourth-order valence-corrected chi connectivity index (χ4v) is 2.28. The third-order valence-electron chi connectivity index (χ3n) is 3.36. The van der Waals surface area contributed by atoms with Crippen molar-refractivity contribution in [2.24, 2.45) is 7.05 Å². The van der Waals surface area contributed by atoms with E-state index in [1.54, 1.807) is 18.0 Å². The number of nitrogens with two attached hydrogens (primary N) is 1. The van der Waals surface area contributed by atoms with Crippen molar-refractivity contribution < 1.29 is 4.74 Å². The number of aromatic nitrogens is 3. The van der Waals surface area contributed by atoms with E-state index in [4.69, 9.17) is 10.5 Å². The Morgan fingerprint density at radius 2 is 2.00 bits per heavy atom. The molecule has 0 radical (unpaired) electrons. The lowest BCUT2D eigenvalue weighted by Crippen LogP contribution is -1.98. The molecule has 0 spiro atoms. The van der Waals surface area contributed by atoms with Gasteiger partial charge in [0.2, 0.25) is 0 Å². The van der Waals surface area contributed by atoms with Gasteiger partial charge in [0.1, 0.15) is 17.3 Å². The van der Waals surface area contributed by atoms with E-state index in [-0.39, 0.29) is 0 Å². The minimum Gasteiger partial charge on any atom is -0.497 e. The largest absolute Gasteiger partial charge is 0.497 e. The Balaban J connectivity index is 2.22. The van der Waals surface area contributed by atoms with Crippen molar-refractivity contribution in [2.75, 3.05) is 12.8 Å². The number of hydrogen-bond donors (Lipinski definition) is 1. The molecule has 1 aromatic carbocycles. The molecule has 0 saturated carbocycles. The van der Waals surface area contributed by atoms with Crippen LogP contribution in [0.15, 0.2) is 48.7 Å². The summed E-state index contributed by atoms with van der Waals surface area (Å²) in [7, 11) is 3.47. The van der Waals surface area contributed by atoms with E-state index in [1.165, 1.54) is 0 Å². The summed E-state index contributed by atoms with van der Waals surface area (Å²) in [4.78, 5) is 4.37. The molecule has 0 atom stereocenters. The van der Waals surface area contributed by atoms with Gasteiger partial charge in [0, 0.05) is 13.2 Å². The highest BCUT2D eigenvalue weighted by Gasteiger charge is 2.18. The monoisotopic (exact) mass is 280 g/mol. The molecule has 0 aliphatic heterocycles. The van der Waals surface area contributed by atoms with Crippen LogP contribution in [0.4, 0.5) is 5.82 Å². The Morgan fingerprint density at radius 3 is 2.71 bits per heavy atom. The van der Waals surface area contributed by atoms with Crippen LogP contribution in [-0.4, -0.2) is 21.9 Å². The van der Waals surface area contributed by atoms with Gasteiger partial charge in [-0.3, -0.25) is 9.67 Å². The van der Waals surface area contributed by atoms with Crippen LogP contribution in [0.25, 0.3) is 22.5 Å². The first-order chi connectivity index (χ1) is 10.2. The van der Waals surface area contributed by atoms with Gasteiger partial charge in [-0.15, -0.1) is 0 Å². The lowest BCUT2D eigenvalue weighted by Gasteiger charge is -2.06. The van der Waals surface area contributed by atoms with Gasteiger partial charge in [-0.2, -0.15) is 5.10 Å². The van der Waals surface area contributed by atoms with E-state index in [1.807, 2.05) is 49.5 Å². The first kappa shape index (κ1) is 13.2. The number of ether oxygens (including phenoxy) is 1. The van der Waals surface area contributed by atoms with Crippen LogP contribution >= 0.6 is 0 Å². The maximum Gasteiger partial charge on any atom is 0.129 e. The third kappa shape index (κ3) is 2.33. The summed E-state index contributed by atoms with van der Waals surface area (Å²) in [6.07, 6.45) is 1.75. The summed E-state index contributed by atoms with van der Waals surface area (Å²) in [5.41, 5.74) is 9.59. The van der Waals surface area contributed by atoms with Gasteiger partial charge < -0.3 is 10.5 Å². The van der Waals surface area contributed by atoms with Crippen molar-refractivity contribution in [3.8, 4) is 28.3 Å². The number of anilines is 1. The number of aryl methyl sites for hydroxylation is 1. The van der Waals surface area contributed by atoms with E-state index < -0.39 is 0 Å². The molecule has 2 N–H and O–H groups in total. The van der Waals surface area contributed by atoms with E-state index >= 15 is 0 Å². The Kier molecular flexibility index (Phi) is 3.31. The molecular formula is C16H16N4O. The van der Waals surface area contributed by atoms with Gasteiger partial charge in [-0.05, 0) is 29.8 Å². The summed E-state index contributed by atoms with van der Waals surface area (Å²) in [6, 6.07) is 13.5. The molecule has 3 aromatic rings. The minimum atomic E-state index is 0.601. The second-order valence-corrected chi connectivity index (χ2v) is 4.68. The highest BCUT2D eigenvalue weighted by molar-refractivity contribution is 5.87. The average molecular weight is 280 g/mol. The highest BCUT2D eigenvalue weighted by atomic mass is 16.5. The lowest BCUT2D eigenvalue weighted by molar-refractivity contribution is 0.415. The van der Waals surface area contributed by atoms with Gasteiger partial charge in [-0.25, -0.2) is 0 Å². The van der Waals surface area contributed by atoms with E-state index in [0.717, 1.165) is 28.3 Å². The Hall–Kier alpha value is -2.82. The topological polar surface area (TPSA) is 66.0 Å². The third-order valence-corrected chi connectivity index (χ3v) is 3.36. The fourth-order valence-electron chi connectivity index (χ4n) is 2.28. The molecule has 2 aromatic heterocycles. The van der Waals surface area contributed by atoms with Crippen LogP contribution in [0.2, 0.25) is 0 Å². The number of rotatable bonds is 3. The van der Waals surface area contributed by atoms with Crippen molar-refractivity contribution in [1.29, 1.82) is 0 Å². The predicted octanol–water partition coefficient (Wildman–Crippen LogP) is 2.74. The highest BCUT2D eigenvalue weighted by Crippen LogP contribution is 2.36. The van der Waals surface area contributed by atoms with E-state index in [2.05, 4.69) is 10.1 Å². The number of nitrogen functional groups attached to an aromatic ring is 1. The number of methoxy groups -OCH3 is 1. The van der Waals surface area contributed by atoms with E-state index in [0.29, 0.717) is 5.82 Å². The van der Waals surface area contributed by atoms with E-state index in [9.17, 15) is 0 Å². The fraction of sp³-hybridized carbons (Fsp3) is 0.125. The predicted molar refractivity (Wildman–Crippen MR) is 82.8 cm³/mol. The zero-order chi connectivity index (χ0) is 14.8. The molecule has 0 unspecified atom stereocenters. The maximum atomic E-state index is 6.20. The number of nitrogens with zero attached hydrogens (tertiary/aromatic N) is 3. The van der Waals surface area contributed by atoms with Crippen LogP contribution < -0.4 is 10.5 Å². The van der Waals surface area contributed by atoms with Gasteiger partial charge in [0.25, 0.3) is 0 Å². The molecule has 106 valence electrons. The van der Waals surface area contributed by atoms with Crippen LogP contribution in [0.1, 0.15) is 0 Å². The zero-order valence-electron chi connectivity index (χ0n) is 11.9. The molecule has 3 rings (SSSR count). The summed E-state index contributed by atoms with van der Waals surface area (Å²) >= 11 is 0. The van der Waals surface area contributed by atoms with Crippen molar-refractivity contribution in [2.45, 2.75) is 0 Å². The smallest absolute Gasteiger partial charge is 0.129 e. The first-order valence-corrected chi connectivity index (χ1v) is 6.59. The lowest BCUT2D eigenvalue weighted by atomic mass is 10.0. The Morgan fingerprint density at radius 1 is 1.14 bits per heavy atom. The molecule has 2 heterocycles. The molecule has 5 heteroatoms. The number of hydrogen-bond acceptors (Lipinski definition) is 4. The van der Waals surface area contributed by atoms with Crippen molar-refractivity contribution in [3.05, 3.63) is 48.7 Å². The number of benzene rings is 1. The van der Waals surface area contributed by atoms with Crippen molar-refractivity contribution in [3.63, 3.8) is 0 Å². The molecule has 21 heavy (non-hydrogen) atoms. The standard InChI is InChI=1S/C16H16N4O/c1-20-16(17)14(11-6-5-7-12(10-11)21-2)15(19-20)13-8-3-4-9-18-13/h3-10H,17H2,1-2H3. The molecule has 5 nitrogen and oxygen atoms in total. The van der Waals surface area contributed by atoms with Gasteiger partial charge in [-0.1, -0.05) is 18.2 Å². The number of pyridine rings is 1. The van der Waals surface area contributed by atoms with Gasteiger partial charge in [0.15, 0.2) is 0 Å². The first-order valence-electron chi connectivity index (χ1n) is 6.59. The quantitative estimate of drug-likeness (QED) is 0.801. The second kappa shape index (κ2) is 5.28. The van der Waals surface area contributed by atoms with Gasteiger partial charge in [0.05, 0.1) is 18.4 Å². The summed E-state index contributed by atoms with van der Waals surface area (Å²) in [6.45, 7) is 0. The normalized spacial score (nSPS) is 10.6. The van der Waals surface area contributed by atoms with Crippen LogP contribution in [0.3, 0.4) is 0 Å². The summed E-state index contributed by atoms with van der Waals surface area (Å²) in [5.74, 6) is 1.38. The van der Waals surface area contributed by atoms with Gasteiger partial charge >= 0.3 is 0 Å². The SMILES string of the molecule is COc1cccc(-c2c(-c3ccccn3)nn(C)c2N)c1. The zero-order valence-corrected chi connectivity index (χ0v) is 11.9. The Bertz CT molecular complexity index is 765. The maximum absolute atomic E-state index is 6.20. The summed E-state index contributed by atoms with van der Waals surface area (Å²) in [5, 5.41) is 4.50. The molecule has 0 aliphatic rings. The summed E-state index contributed by atoms with van der Waals surface area (Å²) < 4.78 is 6.95. The molecule has 0 fully saturated rings. The van der Waals surface area contributed by atoms with Crippen LogP contribution in [0, 0.1) is 0 Å². The minimum absolute atomic E-state index is 0.601. The van der Waals surface area contributed by atoms with Crippen molar-refractivity contribution in [1.82, 2.24) is 14.8 Å². The van der Waals surface area contributed by atoms with Crippen LogP contribution in [-0.2, 0) is 7.05 Å². The molecule has 0 bridgehead atoms. The second-order valence-electron chi connectivity index (χ2n) is 4.68. The molecular weight excluding hydrogens is 264 g/mol.